The largest absolute Gasteiger partial charge is 0.495 e. The smallest absolute Gasteiger partial charge is 0.232 e. The number of sulfonamides is 1. The maximum atomic E-state index is 12.4. The van der Waals surface area contributed by atoms with Crippen molar-refractivity contribution in [2.45, 2.75) is 32.2 Å². The summed E-state index contributed by atoms with van der Waals surface area (Å²) in [6.07, 6.45) is 2.51. The summed E-state index contributed by atoms with van der Waals surface area (Å²) in [5.41, 5.74) is 1.49. The first kappa shape index (κ1) is 23.0. The number of benzene rings is 2. The summed E-state index contributed by atoms with van der Waals surface area (Å²) in [5, 5.41) is 3.34. The third kappa shape index (κ3) is 6.65. The molecule has 0 saturated heterocycles. The summed E-state index contributed by atoms with van der Waals surface area (Å²) in [5.74, 6) is 0.358. The van der Waals surface area contributed by atoms with Gasteiger partial charge in [0, 0.05) is 13.0 Å². The van der Waals surface area contributed by atoms with Crippen molar-refractivity contribution in [3.8, 4) is 5.75 Å². The molecule has 0 unspecified atom stereocenters. The van der Waals surface area contributed by atoms with Crippen molar-refractivity contribution in [2.75, 3.05) is 24.2 Å². The van der Waals surface area contributed by atoms with Crippen molar-refractivity contribution in [3.63, 3.8) is 0 Å². The van der Waals surface area contributed by atoms with Crippen molar-refractivity contribution in [1.29, 1.82) is 0 Å². The van der Waals surface area contributed by atoms with Crippen molar-refractivity contribution < 1.29 is 17.9 Å². The van der Waals surface area contributed by atoms with E-state index < -0.39 is 10.0 Å². The number of hydrogen-bond acceptors (Lipinski definition) is 4. The number of hydrogen-bond donors (Lipinski definition) is 1. The maximum absolute atomic E-state index is 12.4. The molecule has 0 saturated carbocycles. The summed E-state index contributed by atoms with van der Waals surface area (Å²) in [4.78, 5) is 12.4. The fraction of sp³-hybridized carbons (Fsp3) is 0.381. The van der Waals surface area contributed by atoms with Gasteiger partial charge in [0.25, 0.3) is 0 Å². The van der Waals surface area contributed by atoms with Gasteiger partial charge in [-0.1, -0.05) is 48.9 Å². The average molecular weight is 439 g/mol. The van der Waals surface area contributed by atoms with Crippen LogP contribution in [0.25, 0.3) is 0 Å². The summed E-state index contributed by atoms with van der Waals surface area (Å²) < 4.78 is 30.8. The fourth-order valence-electron chi connectivity index (χ4n) is 3.05. The Hall–Kier alpha value is -2.25. The van der Waals surface area contributed by atoms with Gasteiger partial charge in [0.15, 0.2) is 0 Å². The molecule has 2 rings (SSSR count). The first-order valence-electron chi connectivity index (χ1n) is 9.41. The molecule has 158 valence electrons. The minimum Gasteiger partial charge on any atom is -0.495 e. The molecule has 0 spiro atoms. The second-order valence-electron chi connectivity index (χ2n) is 6.70. The molecule has 1 amide bonds. The Morgan fingerprint density at radius 2 is 1.90 bits per heavy atom. The van der Waals surface area contributed by atoms with Gasteiger partial charge in [0.2, 0.25) is 15.9 Å². The molecular weight excluding hydrogens is 412 g/mol. The number of carbonyl (C=O) groups is 1. The molecule has 6 nitrogen and oxygen atoms in total. The second kappa shape index (κ2) is 10.5. The Labute approximate surface area is 177 Å². The topological polar surface area (TPSA) is 75.7 Å². The molecule has 0 aliphatic rings. The van der Waals surface area contributed by atoms with Crippen molar-refractivity contribution in [1.82, 2.24) is 5.32 Å². The van der Waals surface area contributed by atoms with E-state index in [1.54, 1.807) is 18.2 Å². The summed E-state index contributed by atoms with van der Waals surface area (Å²) in [6.45, 7) is 2.19. The van der Waals surface area contributed by atoms with Crippen LogP contribution >= 0.6 is 11.6 Å². The lowest BCUT2D eigenvalue weighted by molar-refractivity contribution is -0.121. The van der Waals surface area contributed by atoms with Crippen LogP contribution in [0.5, 0.6) is 5.75 Å². The zero-order valence-electron chi connectivity index (χ0n) is 16.9. The third-order valence-electron chi connectivity index (χ3n) is 4.53. The van der Waals surface area contributed by atoms with E-state index >= 15 is 0 Å². The Balaban J connectivity index is 1.99. The van der Waals surface area contributed by atoms with Crippen LogP contribution < -0.4 is 14.4 Å². The molecule has 0 heterocycles. The van der Waals surface area contributed by atoms with E-state index in [0.29, 0.717) is 22.9 Å². The fourth-order valence-corrected chi connectivity index (χ4v) is 4.26. The van der Waals surface area contributed by atoms with E-state index in [1.807, 2.05) is 37.3 Å². The lowest BCUT2D eigenvalue weighted by Gasteiger charge is -2.23. The van der Waals surface area contributed by atoms with Gasteiger partial charge < -0.3 is 10.1 Å². The van der Waals surface area contributed by atoms with Crippen molar-refractivity contribution >= 4 is 33.2 Å². The van der Waals surface area contributed by atoms with E-state index in [2.05, 4.69) is 5.32 Å². The Bertz CT molecular complexity index is 920. The zero-order valence-corrected chi connectivity index (χ0v) is 18.5. The highest BCUT2D eigenvalue weighted by atomic mass is 35.5. The molecule has 0 aromatic heterocycles. The van der Waals surface area contributed by atoms with Crippen LogP contribution in [-0.2, 0) is 14.8 Å². The standard InChI is InChI=1S/C21H27ClN2O4S/c1-4-19(16-9-6-5-7-10-16)23-21(25)11-8-14-24(29(3,26)27)17-12-13-20(28-2)18(22)15-17/h5-7,9-10,12-13,15,19H,4,8,11,14H2,1-3H3,(H,23,25)/t19-/m1/s1. The van der Waals surface area contributed by atoms with Crippen LogP contribution in [-0.4, -0.2) is 34.2 Å². The van der Waals surface area contributed by atoms with Gasteiger partial charge in [-0.3, -0.25) is 9.10 Å². The minimum atomic E-state index is -3.52. The quantitative estimate of drug-likeness (QED) is 0.604. The van der Waals surface area contributed by atoms with Crippen LogP contribution in [0, 0.1) is 0 Å². The second-order valence-corrected chi connectivity index (χ2v) is 9.01. The van der Waals surface area contributed by atoms with E-state index in [-0.39, 0.29) is 24.9 Å². The summed E-state index contributed by atoms with van der Waals surface area (Å²) in [7, 11) is -2.03. The lowest BCUT2D eigenvalue weighted by atomic mass is 10.0. The summed E-state index contributed by atoms with van der Waals surface area (Å²) in [6, 6.07) is 14.5. The van der Waals surface area contributed by atoms with E-state index in [4.69, 9.17) is 16.3 Å². The molecule has 0 aliphatic carbocycles. The van der Waals surface area contributed by atoms with Crippen LogP contribution in [0.15, 0.2) is 48.5 Å². The first-order valence-corrected chi connectivity index (χ1v) is 11.6. The Kier molecular flexibility index (Phi) is 8.34. The lowest BCUT2D eigenvalue weighted by Crippen LogP contribution is -2.33. The third-order valence-corrected chi connectivity index (χ3v) is 6.02. The number of amides is 1. The molecule has 8 heteroatoms. The molecule has 2 aromatic rings. The van der Waals surface area contributed by atoms with Crippen LogP contribution in [0.3, 0.4) is 0 Å². The highest BCUT2D eigenvalue weighted by Crippen LogP contribution is 2.30. The molecule has 1 N–H and O–H groups in total. The highest BCUT2D eigenvalue weighted by molar-refractivity contribution is 7.92. The number of anilines is 1. The van der Waals surface area contributed by atoms with Gasteiger partial charge in [-0.05, 0) is 36.6 Å². The number of carbonyl (C=O) groups excluding carboxylic acids is 1. The number of methoxy groups -OCH3 is 1. The molecule has 0 aliphatic heterocycles. The maximum Gasteiger partial charge on any atom is 0.232 e. The van der Waals surface area contributed by atoms with Gasteiger partial charge in [0.05, 0.1) is 30.1 Å². The monoisotopic (exact) mass is 438 g/mol. The van der Waals surface area contributed by atoms with Gasteiger partial charge in [-0.25, -0.2) is 8.42 Å². The first-order chi connectivity index (χ1) is 13.8. The van der Waals surface area contributed by atoms with Crippen molar-refractivity contribution in [2.24, 2.45) is 0 Å². The van der Waals surface area contributed by atoms with Crippen molar-refractivity contribution in [3.05, 3.63) is 59.1 Å². The number of rotatable bonds is 10. The minimum absolute atomic E-state index is 0.0601. The molecule has 0 fully saturated rings. The van der Waals surface area contributed by atoms with Crippen LogP contribution in [0.2, 0.25) is 5.02 Å². The normalized spacial score (nSPS) is 12.3. The predicted molar refractivity (Wildman–Crippen MR) is 117 cm³/mol. The zero-order chi connectivity index (χ0) is 21.4. The Morgan fingerprint density at radius 3 is 2.45 bits per heavy atom. The molecular formula is C21H27ClN2O4S. The van der Waals surface area contributed by atoms with Crippen LogP contribution in [0.1, 0.15) is 37.8 Å². The molecule has 2 aromatic carbocycles. The van der Waals surface area contributed by atoms with Crippen LogP contribution in [0.4, 0.5) is 5.69 Å². The van der Waals surface area contributed by atoms with E-state index in [0.717, 1.165) is 18.2 Å². The SMILES string of the molecule is CC[C@@H](NC(=O)CCCN(c1ccc(OC)c(Cl)c1)S(C)(=O)=O)c1ccccc1. The summed E-state index contributed by atoms with van der Waals surface area (Å²) >= 11 is 6.13. The van der Waals surface area contributed by atoms with Gasteiger partial charge >= 0.3 is 0 Å². The average Bonchev–Trinajstić information content (AvgIpc) is 2.69. The highest BCUT2D eigenvalue weighted by Gasteiger charge is 2.19. The number of nitrogens with zero attached hydrogens (tertiary/aromatic N) is 1. The number of halogens is 1. The van der Waals surface area contributed by atoms with Gasteiger partial charge in [-0.15, -0.1) is 0 Å². The predicted octanol–water partition coefficient (Wildman–Crippen LogP) is 4.16. The van der Waals surface area contributed by atoms with Gasteiger partial charge in [-0.2, -0.15) is 0 Å². The molecule has 0 radical (unpaired) electrons. The van der Waals surface area contributed by atoms with E-state index in [1.165, 1.54) is 11.4 Å². The number of ether oxygens (including phenoxy) is 1. The van der Waals surface area contributed by atoms with E-state index in [9.17, 15) is 13.2 Å². The molecule has 0 bridgehead atoms. The number of nitrogens with one attached hydrogen (secondary N) is 1. The molecule has 29 heavy (non-hydrogen) atoms. The molecule has 1 atom stereocenters. The van der Waals surface area contributed by atoms with Gasteiger partial charge in [0.1, 0.15) is 5.75 Å². The Morgan fingerprint density at radius 1 is 1.21 bits per heavy atom.